The van der Waals surface area contributed by atoms with Crippen LogP contribution in [0.3, 0.4) is 0 Å². The van der Waals surface area contributed by atoms with Gasteiger partial charge in [0.25, 0.3) is 0 Å². The zero-order valence-corrected chi connectivity index (χ0v) is 14.4. The lowest BCUT2D eigenvalue weighted by Crippen LogP contribution is -2.14. The second-order valence-corrected chi connectivity index (χ2v) is 7.90. The molecule has 2 aromatic carbocycles. The summed E-state index contributed by atoms with van der Waals surface area (Å²) >= 11 is 8.88. The van der Waals surface area contributed by atoms with Gasteiger partial charge in [-0.3, -0.25) is 0 Å². The second-order valence-electron chi connectivity index (χ2n) is 4.66. The normalized spacial score (nSPS) is 11.8. The van der Waals surface area contributed by atoms with Crippen LogP contribution in [0.4, 0.5) is 4.39 Å². The van der Waals surface area contributed by atoms with Crippen molar-refractivity contribution in [2.24, 2.45) is 0 Å². The quantitative estimate of drug-likeness (QED) is 0.463. The van der Waals surface area contributed by atoms with Crippen LogP contribution in [0.15, 0.2) is 65.9 Å². The van der Waals surface area contributed by atoms with Crippen LogP contribution in [-0.4, -0.2) is 8.42 Å². The van der Waals surface area contributed by atoms with Crippen molar-refractivity contribution in [2.75, 3.05) is 0 Å². The van der Waals surface area contributed by atoms with Gasteiger partial charge in [0.2, 0.25) is 9.84 Å². The van der Waals surface area contributed by atoms with E-state index in [0.717, 1.165) is 18.2 Å². The molecule has 4 nitrogen and oxygen atoms in total. The van der Waals surface area contributed by atoms with Gasteiger partial charge in [-0.2, -0.15) is 0 Å². The third-order valence-corrected chi connectivity index (χ3v) is 5.67. The van der Waals surface area contributed by atoms with Crippen molar-refractivity contribution < 1.29 is 17.2 Å². The smallest absolute Gasteiger partial charge is 0.355 e. The third-order valence-electron chi connectivity index (χ3n) is 3.15. The van der Waals surface area contributed by atoms with Crippen LogP contribution >= 0.6 is 27.5 Å². The molecule has 0 radical (unpaired) electrons. The SMILES string of the molecule is O=c1oc2ccc(Br)cc2cc1S(=O)(=O)c1ccc(F)c(Cl)c1. The van der Waals surface area contributed by atoms with Gasteiger partial charge < -0.3 is 4.42 Å². The summed E-state index contributed by atoms with van der Waals surface area (Å²) in [7, 11) is -4.19. The zero-order chi connectivity index (χ0) is 16.8. The molecule has 1 heterocycles. The van der Waals surface area contributed by atoms with E-state index in [1.807, 2.05) is 0 Å². The van der Waals surface area contributed by atoms with E-state index in [1.54, 1.807) is 18.2 Å². The summed E-state index contributed by atoms with van der Waals surface area (Å²) in [6.45, 7) is 0. The summed E-state index contributed by atoms with van der Waals surface area (Å²) in [6, 6.07) is 8.98. The maximum Gasteiger partial charge on any atom is 0.355 e. The highest BCUT2D eigenvalue weighted by Crippen LogP contribution is 2.26. The fraction of sp³-hybridized carbons (Fsp3) is 0. The Morgan fingerprint density at radius 1 is 1.09 bits per heavy atom. The first kappa shape index (κ1) is 16.2. The summed E-state index contributed by atoms with van der Waals surface area (Å²) in [5.74, 6) is -0.750. The molecular weight excluding hydrogens is 411 g/mol. The highest BCUT2D eigenvalue weighted by atomic mass is 79.9. The number of sulfone groups is 1. The van der Waals surface area contributed by atoms with E-state index >= 15 is 0 Å². The second kappa shape index (κ2) is 5.74. The fourth-order valence-corrected chi connectivity index (χ4v) is 3.98. The van der Waals surface area contributed by atoms with Gasteiger partial charge in [0.15, 0.2) is 4.90 Å². The Morgan fingerprint density at radius 3 is 2.52 bits per heavy atom. The lowest BCUT2D eigenvalue weighted by Gasteiger charge is -2.06. The van der Waals surface area contributed by atoms with Crippen molar-refractivity contribution in [3.05, 3.63) is 68.2 Å². The van der Waals surface area contributed by atoms with Gasteiger partial charge in [0, 0.05) is 9.86 Å². The molecular formula is C15H7BrClFO4S. The minimum absolute atomic E-state index is 0.259. The van der Waals surface area contributed by atoms with Gasteiger partial charge in [0.05, 0.1) is 9.92 Å². The van der Waals surface area contributed by atoms with Crippen LogP contribution in [0.25, 0.3) is 11.0 Å². The fourth-order valence-electron chi connectivity index (χ4n) is 2.03. The van der Waals surface area contributed by atoms with Crippen molar-refractivity contribution in [2.45, 2.75) is 9.79 Å². The van der Waals surface area contributed by atoms with E-state index in [-0.39, 0.29) is 15.5 Å². The molecule has 0 aliphatic carbocycles. The van der Waals surface area contributed by atoms with Gasteiger partial charge in [-0.05, 0) is 42.5 Å². The third kappa shape index (κ3) is 2.91. The van der Waals surface area contributed by atoms with Crippen LogP contribution in [0.5, 0.6) is 0 Å². The van der Waals surface area contributed by atoms with Crippen molar-refractivity contribution in [3.8, 4) is 0 Å². The molecule has 0 aliphatic rings. The summed E-state index contributed by atoms with van der Waals surface area (Å²) in [5.41, 5.74) is -0.741. The maximum atomic E-state index is 13.2. The average molecular weight is 418 g/mol. The van der Waals surface area contributed by atoms with Crippen molar-refractivity contribution in [3.63, 3.8) is 0 Å². The highest BCUT2D eigenvalue weighted by Gasteiger charge is 2.24. The van der Waals surface area contributed by atoms with Gasteiger partial charge >= 0.3 is 5.63 Å². The average Bonchev–Trinajstić information content (AvgIpc) is 2.49. The molecule has 0 spiro atoms. The number of benzene rings is 2. The Morgan fingerprint density at radius 2 is 1.83 bits per heavy atom. The van der Waals surface area contributed by atoms with Crippen LogP contribution in [-0.2, 0) is 9.84 Å². The molecule has 0 unspecified atom stereocenters. The molecule has 0 saturated heterocycles. The molecule has 0 atom stereocenters. The summed E-state index contributed by atoms with van der Waals surface area (Å²) in [6.07, 6.45) is 0. The lowest BCUT2D eigenvalue weighted by atomic mass is 10.2. The predicted octanol–water partition coefficient (Wildman–Crippen LogP) is 4.18. The standard InChI is InChI=1S/C15H7BrClFO4S/c16-9-1-4-13-8(5-9)6-14(15(19)22-13)23(20,21)10-2-3-12(18)11(17)7-10/h1-7H. The van der Waals surface area contributed by atoms with Crippen LogP contribution in [0.1, 0.15) is 0 Å². The first-order chi connectivity index (χ1) is 10.8. The Hall–Kier alpha value is -1.70. The Balaban J connectivity index is 2.27. The number of fused-ring (bicyclic) bond motifs is 1. The maximum absolute atomic E-state index is 13.2. The first-order valence-electron chi connectivity index (χ1n) is 6.22. The minimum atomic E-state index is -4.19. The van der Waals surface area contributed by atoms with Gasteiger partial charge in [-0.1, -0.05) is 27.5 Å². The summed E-state index contributed by atoms with van der Waals surface area (Å²) in [4.78, 5) is 11.2. The molecule has 0 amide bonds. The van der Waals surface area contributed by atoms with E-state index in [4.69, 9.17) is 16.0 Å². The molecule has 1 aromatic heterocycles. The summed E-state index contributed by atoms with van der Waals surface area (Å²) in [5, 5.41) is 0.0877. The molecule has 0 aliphatic heterocycles. The van der Waals surface area contributed by atoms with E-state index in [0.29, 0.717) is 9.86 Å². The Kier molecular flexibility index (Phi) is 4.03. The van der Waals surface area contributed by atoms with Crippen molar-refractivity contribution >= 4 is 48.3 Å². The van der Waals surface area contributed by atoms with E-state index in [1.165, 1.54) is 6.07 Å². The predicted molar refractivity (Wildman–Crippen MR) is 87.0 cm³/mol. The lowest BCUT2D eigenvalue weighted by molar-refractivity contribution is 0.532. The zero-order valence-electron chi connectivity index (χ0n) is 11.2. The largest absolute Gasteiger partial charge is 0.422 e. The molecule has 0 fully saturated rings. The van der Waals surface area contributed by atoms with E-state index in [9.17, 15) is 17.6 Å². The van der Waals surface area contributed by atoms with Crippen LogP contribution in [0.2, 0.25) is 5.02 Å². The molecule has 3 aromatic rings. The monoisotopic (exact) mass is 416 g/mol. The number of rotatable bonds is 2. The van der Waals surface area contributed by atoms with Crippen LogP contribution < -0.4 is 5.63 Å². The highest BCUT2D eigenvalue weighted by molar-refractivity contribution is 9.10. The molecule has 0 N–H and O–H groups in total. The molecule has 3 rings (SSSR count). The Bertz CT molecular complexity index is 1090. The van der Waals surface area contributed by atoms with Crippen LogP contribution in [0, 0.1) is 5.82 Å². The number of halogens is 3. The molecule has 23 heavy (non-hydrogen) atoms. The molecule has 118 valence electrons. The number of hydrogen-bond donors (Lipinski definition) is 0. The van der Waals surface area contributed by atoms with E-state index in [2.05, 4.69) is 15.9 Å². The van der Waals surface area contributed by atoms with E-state index < -0.39 is 26.2 Å². The van der Waals surface area contributed by atoms with Crippen molar-refractivity contribution in [1.82, 2.24) is 0 Å². The Labute approximate surface area is 143 Å². The van der Waals surface area contributed by atoms with Gasteiger partial charge in [0.1, 0.15) is 11.4 Å². The first-order valence-corrected chi connectivity index (χ1v) is 8.88. The van der Waals surface area contributed by atoms with Gasteiger partial charge in [-0.15, -0.1) is 0 Å². The molecule has 8 heteroatoms. The molecule has 0 saturated carbocycles. The minimum Gasteiger partial charge on any atom is -0.422 e. The van der Waals surface area contributed by atoms with Crippen molar-refractivity contribution in [1.29, 1.82) is 0 Å². The molecule has 0 bridgehead atoms. The summed E-state index contributed by atoms with van der Waals surface area (Å²) < 4.78 is 44.1. The topological polar surface area (TPSA) is 64.3 Å². The number of hydrogen-bond acceptors (Lipinski definition) is 4. The van der Waals surface area contributed by atoms with Gasteiger partial charge in [-0.25, -0.2) is 17.6 Å².